The first-order chi connectivity index (χ1) is 13.6. The summed E-state index contributed by atoms with van der Waals surface area (Å²) in [5.41, 5.74) is 3.53. The monoisotopic (exact) mass is 439 g/mol. The lowest BCUT2D eigenvalue weighted by atomic mass is 10.2. The van der Waals surface area contributed by atoms with Gasteiger partial charge in [-0.3, -0.25) is 5.41 Å². The Hall–Kier alpha value is -2.86. The zero-order valence-corrected chi connectivity index (χ0v) is 16.7. The molecule has 28 heavy (non-hydrogen) atoms. The molecular formula is C22H19BrFN3O. The van der Waals surface area contributed by atoms with E-state index in [1.807, 2.05) is 51.6 Å². The van der Waals surface area contributed by atoms with Crippen LogP contribution in [0.4, 0.5) is 4.39 Å². The van der Waals surface area contributed by atoms with Crippen LogP contribution in [0, 0.1) is 11.2 Å². The molecule has 0 atom stereocenters. The summed E-state index contributed by atoms with van der Waals surface area (Å²) >= 11 is 3.59. The van der Waals surface area contributed by atoms with Gasteiger partial charge in [0.15, 0.2) is 0 Å². The Morgan fingerprint density at radius 2 is 1.50 bits per heavy atom. The molecule has 6 heteroatoms. The van der Waals surface area contributed by atoms with Crippen LogP contribution >= 0.6 is 15.9 Å². The molecule has 0 amide bonds. The van der Waals surface area contributed by atoms with Crippen molar-refractivity contribution >= 4 is 27.0 Å². The highest BCUT2D eigenvalue weighted by Gasteiger charge is 2.12. The summed E-state index contributed by atoms with van der Waals surface area (Å²) < 4.78 is 23.7. The minimum absolute atomic E-state index is 0.287. The summed E-state index contributed by atoms with van der Waals surface area (Å²) in [6.45, 7) is 1.53. The Kier molecular flexibility index (Phi) is 5.30. The normalized spacial score (nSPS) is 11.1. The van der Waals surface area contributed by atoms with E-state index in [0.29, 0.717) is 31.1 Å². The zero-order valence-electron chi connectivity index (χ0n) is 15.1. The van der Waals surface area contributed by atoms with Gasteiger partial charge in [0.05, 0.1) is 24.1 Å². The number of hydrogen-bond donors (Lipinski definition) is 1. The van der Waals surface area contributed by atoms with Crippen molar-refractivity contribution < 1.29 is 9.13 Å². The Labute approximate surface area is 170 Å². The molecule has 0 unspecified atom stereocenters. The predicted molar refractivity (Wildman–Crippen MR) is 111 cm³/mol. The molecule has 4 aromatic rings. The first-order valence-electron chi connectivity index (χ1n) is 8.98. The summed E-state index contributed by atoms with van der Waals surface area (Å²) in [6.07, 6.45) is 0. The summed E-state index contributed by atoms with van der Waals surface area (Å²) in [5, 5.41) is 8.71. The van der Waals surface area contributed by atoms with E-state index in [-0.39, 0.29) is 5.82 Å². The summed E-state index contributed by atoms with van der Waals surface area (Å²) in [6, 6.07) is 22.0. The lowest BCUT2D eigenvalue weighted by molar-refractivity contribution is 0.296. The highest BCUT2D eigenvalue weighted by molar-refractivity contribution is 9.10. The number of nitrogens with zero attached hydrogens (tertiary/aromatic N) is 2. The van der Waals surface area contributed by atoms with Crippen LogP contribution in [0.5, 0.6) is 5.75 Å². The van der Waals surface area contributed by atoms with E-state index in [1.165, 1.54) is 12.1 Å². The third-order valence-electron chi connectivity index (χ3n) is 4.66. The second-order valence-corrected chi connectivity index (χ2v) is 7.30. The third-order valence-corrected chi connectivity index (χ3v) is 5.43. The molecule has 0 bridgehead atoms. The Morgan fingerprint density at radius 1 is 0.857 bits per heavy atom. The van der Waals surface area contributed by atoms with Crippen molar-refractivity contribution in [3.05, 3.63) is 94.3 Å². The van der Waals surface area contributed by atoms with Crippen LogP contribution in [-0.4, -0.2) is 15.7 Å². The summed E-state index contributed by atoms with van der Waals surface area (Å²) in [5.74, 6) is 0.329. The Balaban J connectivity index is 1.62. The Morgan fingerprint density at radius 3 is 2.21 bits per heavy atom. The molecule has 0 saturated heterocycles. The molecule has 1 aromatic heterocycles. The number of imidazole rings is 1. The highest BCUT2D eigenvalue weighted by atomic mass is 79.9. The van der Waals surface area contributed by atoms with Gasteiger partial charge in [0.25, 0.3) is 0 Å². The van der Waals surface area contributed by atoms with Crippen LogP contribution in [-0.2, 0) is 13.1 Å². The molecule has 0 aliphatic rings. The maximum atomic E-state index is 13.0. The number of halogens is 2. The van der Waals surface area contributed by atoms with Gasteiger partial charge in [0, 0.05) is 4.47 Å². The molecule has 1 N–H and O–H groups in total. The molecule has 0 aliphatic heterocycles. The minimum Gasteiger partial charge on any atom is -0.492 e. The largest absolute Gasteiger partial charge is 0.492 e. The fraction of sp³-hybridized carbons (Fsp3) is 0.136. The van der Waals surface area contributed by atoms with Gasteiger partial charge in [-0.05, 0) is 48.0 Å². The maximum absolute atomic E-state index is 13.0. The van der Waals surface area contributed by atoms with Crippen LogP contribution in [0.25, 0.3) is 11.0 Å². The zero-order chi connectivity index (χ0) is 19.5. The molecule has 0 saturated carbocycles. The number of nitrogens with one attached hydrogen (secondary N) is 1. The summed E-state index contributed by atoms with van der Waals surface area (Å²) in [4.78, 5) is 0. The van der Waals surface area contributed by atoms with Crippen LogP contribution in [0.1, 0.15) is 5.56 Å². The van der Waals surface area contributed by atoms with Crippen LogP contribution in [0.2, 0.25) is 0 Å². The van der Waals surface area contributed by atoms with E-state index in [4.69, 9.17) is 10.1 Å². The van der Waals surface area contributed by atoms with Gasteiger partial charge in [0.2, 0.25) is 5.62 Å². The average Bonchev–Trinajstić information content (AvgIpc) is 2.97. The number of ether oxygens (including phenoxy) is 1. The first-order valence-corrected chi connectivity index (χ1v) is 9.77. The van der Waals surface area contributed by atoms with Crippen molar-refractivity contribution in [2.24, 2.45) is 0 Å². The molecule has 1 heterocycles. The van der Waals surface area contributed by atoms with Crippen LogP contribution in [0.15, 0.2) is 77.3 Å². The van der Waals surface area contributed by atoms with E-state index in [1.54, 1.807) is 12.1 Å². The molecule has 0 fully saturated rings. The van der Waals surface area contributed by atoms with Crippen molar-refractivity contribution in [2.75, 3.05) is 6.61 Å². The second kappa shape index (κ2) is 8.02. The number of benzene rings is 3. The lowest BCUT2D eigenvalue weighted by Gasteiger charge is -2.08. The third kappa shape index (κ3) is 3.73. The molecule has 4 rings (SSSR count). The van der Waals surface area contributed by atoms with Gasteiger partial charge in [0.1, 0.15) is 18.2 Å². The van der Waals surface area contributed by atoms with E-state index in [0.717, 1.165) is 21.1 Å². The minimum atomic E-state index is -0.287. The van der Waals surface area contributed by atoms with Gasteiger partial charge in [-0.25, -0.2) is 4.39 Å². The molecule has 142 valence electrons. The van der Waals surface area contributed by atoms with Crippen molar-refractivity contribution in [3.63, 3.8) is 0 Å². The van der Waals surface area contributed by atoms with Crippen molar-refractivity contribution in [1.29, 1.82) is 5.41 Å². The van der Waals surface area contributed by atoms with E-state index < -0.39 is 0 Å². The van der Waals surface area contributed by atoms with Crippen LogP contribution in [0.3, 0.4) is 0 Å². The van der Waals surface area contributed by atoms with E-state index in [9.17, 15) is 4.39 Å². The van der Waals surface area contributed by atoms with E-state index >= 15 is 0 Å². The number of fused-ring (bicyclic) bond motifs is 1. The van der Waals surface area contributed by atoms with Gasteiger partial charge < -0.3 is 13.9 Å². The fourth-order valence-electron chi connectivity index (χ4n) is 3.26. The predicted octanol–water partition coefficient (Wildman–Crippen LogP) is 4.95. The number of aromatic nitrogens is 2. The van der Waals surface area contributed by atoms with Gasteiger partial charge in [-0.15, -0.1) is 0 Å². The van der Waals surface area contributed by atoms with Crippen LogP contribution < -0.4 is 10.4 Å². The molecule has 0 radical (unpaired) electrons. The highest BCUT2D eigenvalue weighted by Crippen LogP contribution is 2.20. The molecule has 0 aliphatic carbocycles. The SMILES string of the molecule is N=c1n(CCOc2ccc(F)cc2)c2ccccc2n1Cc1ccccc1Br. The van der Waals surface area contributed by atoms with E-state index in [2.05, 4.69) is 22.0 Å². The molecule has 3 aromatic carbocycles. The van der Waals surface area contributed by atoms with Gasteiger partial charge in [-0.1, -0.05) is 46.3 Å². The maximum Gasteiger partial charge on any atom is 0.203 e. The fourth-order valence-corrected chi connectivity index (χ4v) is 3.67. The Bertz CT molecular complexity index is 1160. The van der Waals surface area contributed by atoms with Crippen molar-refractivity contribution in [1.82, 2.24) is 9.13 Å². The number of para-hydroxylation sites is 2. The average molecular weight is 440 g/mol. The number of hydrogen-bond acceptors (Lipinski definition) is 2. The van der Waals surface area contributed by atoms with Gasteiger partial charge in [-0.2, -0.15) is 0 Å². The molecule has 0 spiro atoms. The second-order valence-electron chi connectivity index (χ2n) is 6.44. The quantitative estimate of drug-likeness (QED) is 0.453. The smallest absolute Gasteiger partial charge is 0.203 e. The lowest BCUT2D eigenvalue weighted by Crippen LogP contribution is -2.27. The topological polar surface area (TPSA) is 42.9 Å². The number of rotatable bonds is 6. The van der Waals surface area contributed by atoms with Crippen molar-refractivity contribution in [2.45, 2.75) is 13.1 Å². The molecule has 4 nitrogen and oxygen atoms in total. The summed E-state index contributed by atoms with van der Waals surface area (Å²) in [7, 11) is 0. The first kappa shape index (κ1) is 18.5. The van der Waals surface area contributed by atoms with Crippen molar-refractivity contribution in [3.8, 4) is 5.75 Å². The van der Waals surface area contributed by atoms with Gasteiger partial charge >= 0.3 is 0 Å². The standard InChI is InChI=1S/C22H19BrFN3O/c23-19-6-2-1-5-16(19)15-27-21-8-4-3-7-20(21)26(22(27)25)13-14-28-18-11-9-17(24)10-12-18/h1-12,25H,13-15H2. The molecular weight excluding hydrogens is 421 g/mol.